The molecule has 0 N–H and O–H groups in total. The third-order valence-electron chi connectivity index (χ3n) is 3.32. The molecule has 0 aliphatic carbocycles. The second-order valence-corrected chi connectivity index (χ2v) is 31.6. The van der Waals surface area contributed by atoms with E-state index in [-0.39, 0.29) is 6.04 Å². The number of rotatable bonds is 11. The minimum absolute atomic E-state index is 0.371. The largest absolute Gasteiger partial charge is 0.485 e. The maximum absolute atomic E-state index is 13.3. The minimum Gasteiger partial charge on any atom is -0.436 e. The number of halogens is 8. The van der Waals surface area contributed by atoms with Crippen molar-refractivity contribution < 1.29 is 38.4 Å². The second kappa shape index (κ2) is 9.74. The Morgan fingerprint density at radius 3 is 1.31 bits per heavy atom. The maximum atomic E-state index is 13.3. The zero-order valence-corrected chi connectivity index (χ0v) is 24.8. The lowest BCUT2D eigenvalue weighted by atomic mass is 10.2. The molecule has 0 heterocycles. The number of hydrogen-bond acceptors (Lipinski definition) is 4. The molecule has 0 atom stereocenters. The molecule has 0 spiro atoms. The van der Waals surface area contributed by atoms with Crippen LogP contribution in [0.3, 0.4) is 0 Å². The summed E-state index contributed by atoms with van der Waals surface area (Å²) in [6.45, 7) is 13.5. The van der Waals surface area contributed by atoms with Crippen LogP contribution in [0.4, 0.5) is 22.0 Å². The third-order valence-corrected chi connectivity index (χ3v) is 21.8. The quantitative estimate of drug-likeness (QED) is 0.149. The van der Waals surface area contributed by atoms with Gasteiger partial charge < -0.3 is 16.5 Å². The molecule has 0 saturated heterocycles. The molecule has 176 valence electrons. The zero-order chi connectivity index (χ0) is 23.7. The van der Waals surface area contributed by atoms with E-state index in [1.54, 1.807) is 52.4 Å². The van der Waals surface area contributed by atoms with Crippen LogP contribution in [0.15, 0.2) is 0 Å². The van der Waals surface area contributed by atoms with Crippen molar-refractivity contribution in [1.29, 1.82) is 0 Å². The summed E-state index contributed by atoms with van der Waals surface area (Å²) < 4.78 is 87.4. The Hall–Kier alpha value is 1.44. The molecular weight excluding hydrogens is 550 g/mol. The number of alkyl halides is 5. The average Bonchev–Trinajstić information content (AvgIpc) is 2.26. The molecule has 0 aromatic rings. The predicted octanol–water partition coefficient (Wildman–Crippen LogP) is 7.10. The van der Waals surface area contributed by atoms with Gasteiger partial charge in [-0.2, -0.15) is 22.0 Å². The van der Waals surface area contributed by atoms with E-state index >= 15 is 0 Å². The Morgan fingerprint density at radius 2 is 0.966 bits per heavy atom. The Bertz CT molecular complexity index is 559. The summed E-state index contributed by atoms with van der Waals surface area (Å²) in [6.07, 6.45) is -10.3. The van der Waals surface area contributed by atoms with Crippen LogP contribution in [0.2, 0.25) is 58.4 Å². The van der Waals surface area contributed by atoms with E-state index in [1.165, 1.54) is 0 Å². The molecule has 0 saturated carbocycles. The highest BCUT2D eigenvalue weighted by molar-refractivity contribution is 7.62. The van der Waals surface area contributed by atoms with Crippen LogP contribution in [0.25, 0.3) is 0 Å². The number of hydrogen-bond donors (Lipinski definition) is 0. The first-order chi connectivity index (χ1) is 12.3. The second-order valence-electron chi connectivity index (χ2n) is 8.52. The van der Waals surface area contributed by atoms with Crippen LogP contribution in [-0.2, 0) is 16.5 Å². The van der Waals surface area contributed by atoms with Crippen molar-refractivity contribution in [3.8, 4) is 0 Å². The molecule has 0 rings (SSSR count). The summed E-state index contributed by atoms with van der Waals surface area (Å²) in [7, 11) is -11.5. The molecule has 0 unspecified atom stereocenters. The topological polar surface area (TPSA) is 36.9 Å². The van der Waals surface area contributed by atoms with Crippen molar-refractivity contribution in [2.75, 3.05) is 0 Å². The van der Waals surface area contributed by atoms with Gasteiger partial charge in [0.2, 0.25) is 0 Å². The summed E-state index contributed by atoms with van der Waals surface area (Å²) >= 11 is 17.4. The van der Waals surface area contributed by atoms with Gasteiger partial charge in [-0.3, -0.25) is 0 Å². The van der Waals surface area contributed by atoms with E-state index < -0.39 is 58.8 Å². The van der Waals surface area contributed by atoms with Crippen molar-refractivity contribution in [1.82, 2.24) is 0 Å². The van der Waals surface area contributed by atoms with E-state index in [9.17, 15) is 22.0 Å². The van der Waals surface area contributed by atoms with Crippen LogP contribution in [0.5, 0.6) is 0 Å². The molecule has 0 aliphatic rings. The Morgan fingerprint density at radius 1 is 0.621 bits per heavy atom. The lowest BCUT2D eigenvalue weighted by molar-refractivity contribution is -0.282. The molecular formula is C12H28Cl3F5O4Si5. The summed E-state index contributed by atoms with van der Waals surface area (Å²) in [5.74, 6) is -4.75. The van der Waals surface area contributed by atoms with Crippen molar-refractivity contribution in [2.45, 2.75) is 76.9 Å². The Kier molecular flexibility index (Phi) is 10.2. The van der Waals surface area contributed by atoms with Crippen molar-refractivity contribution in [3.63, 3.8) is 0 Å². The molecule has 0 amide bonds. The van der Waals surface area contributed by atoms with Crippen LogP contribution < -0.4 is 0 Å². The fourth-order valence-electron chi connectivity index (χ4n) is 2.84. The van der Waals surface area contributed by atoms with E-state index in [0.717, 1.165) is 0 Å². The van der Waals surface area contributed by atoms with Crippen LogP contribution in [0, 0.1) is 0 Å². The van der Waals surface area contributed by atoms with Gasteiger partial charge >= 0.3 is 44.0 Å². The van der Waals surface area contributed by atoms with Gasteiger partial charge in [-0.25, -0.2) is 0 Å². The molecule has 0 aromatic carbocycles. The van der Waals surface area contributed by atoms with E-state index in [4.69, 9.17) is 49.7 Å². The first-order valence-electron chi connectivity index (χ1n) is 8.60. The van der Waals surface area contributed by atoms with Gasteiger partial charge in [-0.05, 0) is 58.4 Å². The van der Waals surface area contributed by atoms with E-state index in [1.807, 2.05) is 0 Å². The summed E-state index contributed by atoms with van der Waals surface area (Å²) in [5, 5.41) is 0. The highest BCUT2D eigenvalue weighted by Gasteiger charge is 2.57. The normalized spacial score (nSPS) is 15.7. The molecule has 0 fully saturated rings. The fraction of sp³-hybridized carbons (Fsp3) is 1.00. The molecule has 29 heavy (non-hydrogen) atoms. The summed E-state index contributed by atoms with van der Waals surface area (Å²) in [5.41, 5.74) is 0. The first kappa shape index (κ1) is 30.4. The molecule has 0 aromatic heterocycles. The van der Waals surface area contributed by atoms with Crippen molar-refractivity contribution in [2.24, 2.45) is 0 Å². The maximum Gasteiger partial charge on any atom is 0.485 e. The van der Waals surface area contributed by atoms with Gasteiger partial charge in [-0.15, -0.1) is 0 Å². The van der Waals surface area contributed by atoms with Gasteiger partial charge in [0.15, 0.2) is 8.32 Å². The van der Waals surface area contributed by atoms with Gasteiger partial charge in [-0.1, -0.05) is 33.2 Å². The lowest BCUT2D eigenvalue weighted by Gasteiger charge is -2.41. The molecule has 0 aliphatic heterocycles. The average molecular weight is 578 g/mol. The zero-order valence-electron chi connectivity index (χ0n) is 17.6. The molecule has 17 heteroatoms. The highest BCUT2D eigenvalue weighted by Crippen LogP contribution is 2.40. The Balaban J connectivity index is 5.07. The standard InChI is InChI=1S/C12H28Cl3F5O4Si5/c1-25(2,10-9-11(16,17)12(18,19)20)21-26(3,4)22-27(5,6)23-28(7,8)24-29(13,14)15/h9-10H2,1-8H3. The first-order valence-corrected chi connectivity index (χ1v) is 25.1. The molecule has 0 radical (unpaired) electrons. The van der Waals surface area contributed by atoms with E-state index in [2.05, 4.69) is 0 Å². The SMILES string of the molecule is C[Si](C)(CCC(F)(F)C(F)(F)F)O[Si](C)(C)O[Si](C)(C)O[Si](C)(C)O[Si](Cl)(Cl)Cl. The third kappa shape index (κ3) is 12.9. The molecule has 4 nitrogen and oxygen atoms in total. The summed E-state index contributed by atoms with van der Waals surface area (Å²) in [4.78, 5) is 0. The smallest absolute Gasteiger partial charge is 0.436 e. The summed E-state index contributed by atoms with van der Waals surface area (Å²) in [6, 6.07) is -0.371. The van der Waals surface area contributed by atoms with Crippen molar-refractivity contribution in [3.05, 3.63) is 0 Å². The van der Waals surface area contributed by atoms with Gasteiger partial charge in [0.05, 0.1) is 0 Å². The van der Waals surface area contributed by atoms with Crippen LogP contribution in [-0.4, -0.2) is 52.3 Å². The van der Waals surface area contributed by atoms with Crippen LogP contribution in [0.1, 0.15) is 6.42 Å². The van der Waals surface area contributed by atoms with E-state index in [0.29, 0.717) is 0 Å². The van der Waals surface area contributed by atoms with Gasteiger partial charge in [0.25, 0.3) is 0 Å². The monoisotopic (exact) mass is 576 g/mol. The van der Waals surface area contributed by atoms with Crippen LogP contribution >= 0.6 is 33.2 Å². The highest BCUT2D eigenvalue weighted by atomic mass is 35.8. The van der Waals surface area contributed by atoms with Gasteiger partial charge in [0.1, 0.15) is 0 Å². The predicted molar refractivity (Wildman–Crippen MR) is 118 cm³/mol. The fourth-order valence-corrected chi connectivity index (χ4v) is 27.8. The van der Waals surface area contributed by atoms with Crippen molar-refractivity contribution >= 4 is 73.5 Å². The Labute approximate surface area is 188 Å². The lowest BCUT2D eigenvalue weighted by Crippen LogP contribution is -2.58. The molecule has 0 bridgehead atoms. The minimum atomic E-state index is -5.58. The van der Waals surface area contributed by atoms with Gasteiger partial charge in [0, 0.05) is 6.42 Å².